The van der Waals surface area contributed by atoms with Crippen molar-refractivity contribution in [2.45, 2.75) is 33.9 Å². The minimum absolute atomic E-state index is 0.274. The average Bonchev–Trinajstić information content (AvgIpc) is 2.56. The Bertz CT molecular complexity index is 647. The van der Waals surface area contributed by atoms with Crippen LogP contribution in [0.15, 0.2) is 9.59 Å². The summed E-state index contributed by atoms with van der Waals surface area (Å²) < 4.78 is 2.80. The second-order valence-corrected chi connectivity index (χ2v) is 3.60. The fourth-order valence-electron chi connectivity index (χ4n) is 1.86. The van der Waals surface area contributed by atoms with Crippen molar-refractivity contribution in [2.75, 3.05) is 0 Å². The number of aryl methyl sites for hydroxylation is 2. The summed E-state index contributed by atoms with van der Waals surface area (Å²) in [6.45, 7) is 6.42. The number of H-pyrrole nitrogens is 1. The molecule has 0 atom stereocenters. The molecule has 0 aliphatic carbocycles. The van der Waals surface area contributed by atoms with Gasteiger partial charge < -0.3 is 4.98 Å². The van der Waals surface area contributed by atoms with Crippen LogP contribution in [0.3, 0.4) is 0 Å². The Morgan fingerprint density at radius 3 is 2.50 bits per heavy atom. The van der Waals surface area contributed by atoms with Crippen molar-refractivity contribution in [3.63, 3.8) is 0 Å². The summed E-state index contributed by atoms with van der Waals surface area (Å²) in [7, 11) is 0. The molecule has 2 heterocycles. The van der Waals surface area contributed by atoms with Crippen LogP contribution >= 0.6 is 0 Å². The van der Waals surface area contributed by atoms with Crippen LogP contribution in [0, 0.1) is 6.92 Å². The van der Waals surface area contributed by atoms with E-state index in [4.69, 9.17) is 0 Å². The monoisotopic (exact) mass is 222 g/mol. The number of aromatic nitrogens is 4. The lowest BCUT2D eigenvalue weighted by molar-refractivity contribution is 0.650. The van der Waals surface area contributed by atoms with Crippen LogP contribution in [0.4, 0.5) is 0 Å². The van der Waals surface area contributed by atoms with Crippen LogP contribution < -0.4 is 11.2 Å². The molecule has 0 aliphatic heterocycles. The molecule has 16 heavy (non-hydrogen) atoms. The number of rotatable bonds is 2. The van der Waals surface area contributed by atoms with E-state index in [0.717, 1.165) is 0 Å². The molecule has 0 bridgehead atoms. The summed E-state index contributed by atoms with van der Waals surface area (Å²) in [5, 5.41) is 4.22. The molecule has 2 aromatic rings. The number of hydrogen-bond donors (Lipinski definition) is 1. The molecule has 6 heteroatoms. The number of hydrogen-bond acceptors (Lipinski definition) is 3. The summed E-state index contributed by atoms with van der Waals surface area (Å²) in [6.07, 6.45) is 0. The summed E-state index contributed by atoms with van der Waals surface area (Å²) in [5.74, 6) is 0. The molecule has 0 spiro atoms. The number of nitrogens with one attached hydrogen (secondary N) is 1. The highest BCUT2D eigenvalue weighted by molar-refractivity contribution is 5.76. The number of fused-ring (bicyclic) bond motifs is 1. The molecule has 0 saturated heterocycles. The Kier molecular flexibility index (Phi) is 2.41. The lowest BCUT2D eigenvalue weighted by atomic mass is 10.3. The van der Waals surface area contributed by atoms with Crippen molar-refractivity contribution in [3.8, 4) is 0 Å². The number of aromatic amines is 1. The molecular weight excluding hydrogens is 208 g/mol. The highest BCUT2D eigenvalue weighted by Gasteiger charge is 2.13. The highest BCUT2D eigenvalue weighted by Crippen LogP contribution is 2.09. The van der Waals surface area contributed by atoms with Gasteiger partial charge in [0, 0.05) is 13.1 Å². The smallest absolute Gasteiger partial charge is 0.304 e. The molecule has 86 valence electrons. The van der Waals surface area contributed by atoms with Crippen LogP contribution in [0.2, 0.25) is 0 Å². The maximum atomic E-state index is 12.1. The second kappa shape index (κ2) is 3.62. The first-order valence-electron chi connectivity index (χ1n) is 5.30. The van der Waals surface area contributed by atoms with Gasteiger partial charge in [-0.15, -0.1) is 0 Å². The van der Waals surface area contributed by atoms with E-state index < -0.39 is 0 Å². The van der Waals surface area contributed by atoms with Gasteiger partial charge in [0.1, 0.15) is 0 Å². The minimum Gasteiger partial charge on any atom is -0.304 e. The van der Waals surface area contributed by atoms with Crippen LogP contribution in [0.5, 0.6) is 0 Å². The quantitative estimate of drug-likeness (QED) is 0.790. The van der Waals surface area contributed by atoms with Gasteiger partial charge in [0.2, 0.25) is 0 Å². The molecule has 2 rings (SSSR count). The standard InChI is InChI=1S/C10H14N4O2/c1-4-13-9(15)8-7(11-10(13)16)6(3)12-14(8)5-2/h4-5H2,1-3H3,(H,11,16). The predicted molar refractivity (Wildman–Crippen MR) is 60.7 cm³/mol. The molecule has 2 aromatic heterocycles. The Balaban J connectivity index is 3.02. The lowest BCUT2D eigenvalue weighted by Crippen LogP contribution is -2.35. The van der Waals surface area contributed by atoms with E-state index in [1.807, 2.05) is 6.92 Å². The molecule has 0 fully saturated rings. The van der Waals surface area contributed by atoms with Gasteiger partial charge in [-0.2, -0.15) is 5.10 Å². The van der Waals surface area contributed by atoms with E-state index in [0.29, 0.717) is 29.8 Å². The summed E-state index contributed by atoms with van der Waals surface area (Å²) in [6, 6.07) is 0. The second-order valence-electron chi connectivity index (χ2n) is 3.60. The maximum Gasteiger partial charge on any atom is 0.328 e. The van der Waals surface area contributed by atoms with E-state index in [-0.39, 0.29) is 11.2 Å². The van der Waals surface area contributed by atoms with Crippen LogP contribution in [0.25, 0.3) is 11.0 Å². The zero-order valence-corrected chi connectivity index (χ0v) is 9.57. The van der Waals surface area contributed by atoms with Crippen molar-refractivity contribution in [1.82, 2.24) is 19.3 Å². The zero-order chi connectivity index (χ0) is 11.9. The molecule has 0 aromatic carbocycles. The fraction of sp³-hybridized carbons (Fsp3) is 0.500. The first-order chi connectivity index (χ1) is 7.60. The molecule has 6 nitrogen and oxygen atoms in total. The lowest BCUT2D eigenvalue weighted by Gasteiger charge is -2.01. The zero-order valence-electron chi connectivity index (χ0n) is 9.57. The molecule has 0 unspecified atom stereocenters. The number of nitrogens with zero attached hydrogens (tertiary/aromatic N) is 3. The third-order valence-electron chi connectivity index (χ3n) is 2.67. The van der Waals surface area contributed by atoms with E-state index in [1.165, 1.54) is 4.57 Å². The largest absolute Gasteiger partial charge is 0.328 e. The first-order valence-corrected chi connectivity index (χ1v) is 5.30. The van der Waals surface area contributed by atoms with Crippen molar-refractivity contribution >= 4 is 11.0 Å². The highest BCUT2D eigenvalue weighted by atomic mass is 16.2. The van der Waals surface area contributed by atoms with Gasteiger partial charge in [0.15, 0.2) is 5.52 Å². The van der Waals surface area contributed by atoms with Gasteiger partial charge in [-0.05, 0) is 20.8 Å². The molecular formula is C10H14N4O2. The average molecular weight is 222 g/mol. The van der Waals surface area contributed by atoms with Crippen molar-refractivity contribution < 1.29 is 0 Å². The van der Waals surface area contributed by atoms with E-state index in [2.05, 4.69) is 10.1 Å². The molecule has 0 aliphatic rings. The van der Waals surface area contributed by atoms with E-state index in [9.17, 15) is 9.59 Å². The Morgan fingerprint density at radius 1 is 1.25 bits per heavy atom. The summed E-state index contributed by atoms with van der Waals surface area (Å²) >= 11 is 0. The van der Waals surface area contributed by atoms with E-state index >= 15 is 0 Å². The molecule has 0 amide bonds. The summed E-state index contributed by atoms with van der Waals surface area (Å²) in [4.78, 5) is 26.4. The van der Waals surface area contributed by atoms with Crippen molar-refractivity contribution in [3.05, 3.63) is 26.5 Å². The normalized spacial score (nSPS) is 11.2. The minimum atomic E-state index is -0.376. The predicted octanol–water partition coefficient (Wildman–Crippen LogP) is 0.235. The molecule has 0 saturated carbocycles. The Hall–Kier alpha value is -1.85. The van der Waals surface area contributed by atoms with Gasteiger partial charge in [-0.25, -0.2) is 4.79 Å². The molecule has 1 N–H and O–H groups in total. The van der Waals surface area contributed by atoms with Crippen LogP contribution in [-0.2, 0) is 13.1 Å². The van der Waals surface area contributed by atoms with Crippen LogP contribution in [-0.4, -0.2) is 19.3 Å². The van der Waals surface area contributed by atoms with Gasteiger partial charge in [0.05, 0.1) is 11.2 Å². The topological polar surface area (TPSA) is 72.7 Å². The Morgan fingerprint density at radius 2 is 1.94 bits per heavy atom. The van der Waals surface area contributed by atoms with Gasteiger partial charge >= 0.3 is 5.69 Å². The Labute approximate surface area is 91.5 Å². The third kappa shape index (κ3) is 1.30. The van der Waals surface area contributed by atoms with Gasteiger partial charge in [-0.1, -0.05) is 0 Å². The summed E-state index contributed by atoms with van der Waals surface area (Å²) in [5.41, 5.74) is 1.04. The SMILES string of the molecule is CCn1c(=O)[nH]c2c(C)nn(CC)c2c1=O. The maximum absolute atomic E-state index is 12.1. The van der Waals surface area contributed by atoms with Gasteiger partial charge in [-0.3, -0.25) is 14.0 Å². The van der Waals surface area contributed by atoms with Crippen molar-refractivity contribution in [2.24, 2.45) is 0 Å². The molecule has 0 radical (unpaired) electrons. The fourth-order valence-corrected chi connectivity index (χ4v) is 1.86. The van der Waals surface area contributed by atoms with Gasteiger partial charge in [0.25, 0.3) is 5.56 Å². The third-order valence-corrected chi connectivity index (χ3v) is 2.67. The van der Waals surface area contributed by atoms with Crippen LogP contribution in [0.1, 0.15) is 19.5 Å². The first kappa shape index (κ1) is 10.7. The van der Waals surface area contributed by atoms with E-state index in [1.54, 1.807) is 18.5 Å². The van der Waals surface area contributed by atoms with Crippen molar-refractivity contribution in [1.29, 1.82) is 0 Å².